The van der Waals surface area contributed by atoms with Crippen molar-refractivity contribution in [3.8, 4) is 0 Å². The normalized spacial score (nSPS) is 10.1. The van der Waals surface area contributed by atoms with Crippen LogP contribution in [0.4, 0.5) is 15.9 Å². The lowest BCUT2D eigenvalue weighted by Crippen LogP contribution is -2.17. The number of carbonyl (C=O) groups is 1. The quantitative estimate of drug-likeness (QED) is 0.857. The molecule has 2 heterocycles. The van der Waals surface area contributed by atoms with Gasteiger partial charge in [-0.15, -0.1) is 0 Å². The zero-order valence-electron chi connectivity index (χ0n) is 10.6. The second-order valence-electron chi connectivity index (χ2n) is 4.09. The van der Waals surface area contributed by atoms with Crippen LogP contribution in [0.2, 0.25) is 0 Å². The van der Waals surface area contributed by atoms with Crippen LogP contribution in [-0.2, 0) is 0 Å². The molecule has 1 amide bonds. The molecule has 0 aliphatic rings. The van der Waals surface area contributed by atoms with Crippen LogP contribution in [0.25, 0.3) is 0 Å². The van der Waals surface area contributed by atoms with Crippen LogP contribution in [-0.4, -0.2) is 30.0 Å². The molecule has 0 bridgehead atoms. The number of halogens is 1. The molecule has 0 aromatic carbocycles. The first-order valence-corrected chi connectivity index (χ1v) is 5.63. The number of aromatic nitrogens is 2. The third kappa shape index (κ3) is 3.04. The van der Waals surface area contributed by atoms with Gasteiger partial charge in [0.1, 0.15) is 0 Å². The molecule has 0 aliphatic heterocycles. The van der Waals surface area contributed by atoms with Gasteiger partial charge in [0.15, 0.2) is 5.82 Å². The molecule has 0 saturated carbocycles. The molecular weight excluding hydrogens is 247 g/mol. The highest BCUT2D eigenvalue weighted by Gasteiger charge is 2.11. The van der Waals surface area contributed by atoms with Crippen molar-refractivity contribution >= 4 is 17.4 Å². The Balaban J connectivity index is 2.22. The van der Waals surface area contributed by atoms with Crippen LogP contribution < -0.4 is 10.2 Å². The van der Waals surface area contributed by atoms with E-state index in [1.54, 1.807) is 23.2 Å². The maximum absolute atomic E-state index is 12.7. The van der Waals surface area contributed by atoms with Crippen molar-refractivity contribution < 1.29 is 9.18 Å². The number of amides is 1. The fourth-order valence-electron chi connectivity index (χ4n) is 1.56. The van der Waals surface area contributed by atoms with Crippen molar-refractivity contribution in [2.75, 3.05) is 24.3 Å². The summed E-state index contributed by atoms with van der Waals surface area (Å²) in [5.74, 6) is -0.332. The van der Waals surface area contributed by atoms with Crippen molar-refractivity contribution in [1.82, 2.24) is 9.97 Å². The number of hydrogen-bond donors (Lipinski definition) is 1. The average molecular weight is 260 g/mol. The second kappa shape index (κ2) is 5.43. The fourth-order valence-corrected chi connectivity index (χ4v) is 1.56. The van der Waals surface area contributed by atoms with Crippen LogP contribution in [0.3, 0.4) is 0 Å². The van der Waals surface area contributed by atoms with E-state index in [4.69, 9.17) is 0 Å². The predicted molar refractivity (Wildman–Crippen MR) is 70.7 cm³/mol. The van der Waals surface area contributed by atoms with Crippen LogP contribution in [0.5, 0.6) is 0 Å². The largest absolute Gasteiger partial charge is 0.361 e. The summed E-state index contributed by atoms with van der Waals surface area (Å²) < 4.78 is 12.7. The summed E-state index contributed by atoms with van der Waals surface area (Å²) in [7, 11) is 3.66. The minimum absolute atomic E-state index is 0.287. The Morgan fingerprint density at radius 3 is 2.68 bits per heavy atom. The SMILES string of the molecule is CN(C)c1ncccc1NC(=O)c1ccc(F)nc1. The molecule has 0 spiro atoms. The number of carbonyl (C=O) groups excluding carboxylic acids is 1. The van der Waals surface area contributed by atoms with Crippen LogP contribution in [0.15, 0.2) is 36.7 Å². The van der Waals surface area contributed by atoms with E-state index in [-0.39, 0.29) is 11.5 Å². The minimum Gasteiger partial charge on any atom is -0.361 e. The van der Waals surface area contributed by atoms with E-state index < -0.39 is 5.95 Å². The average Bonchev–Trinajstić information content (AvgIpc) is 2.39. The highest BCUT2D eigenvalue weighted by molar-refractivity contribution is 6.05. The molecule has 0 atom stereocenters. The van der Waals surface area contributed by atoms with Crippen molar-refractivity contribution in [2.45, 2.75) is 0 Å². The number of anilines is 2. The predicted octanol–water partition coefficient (Wildman–Crippen LogP) is 1.93. The first-order chi connectivity index (χ1) is 9.08. The second-order valence-corrected chi connectivity index (χ2v) is 4.09. The summed E-state index contributed by atoms with van der Waals surface area (Å²) in [6.07, 6.45) is 2.83. The summed E-state index contributed by atoms with van der Waals surface area (Å²) >= 11 is 0. The zero-order chi connectivity index (χ0) is 13.8. The lowest BCUT2D eigenvalue weighted by molar-refractivity contribution is 0.102. The van der Waals surface area contributed by atoms with Crippen molar-refractivity contribution in [3.05, 3.63) is 48.2 Å². The van der Waals surface area contributed by atoms with Gasteiger partial charge in [0.05, 0.1) is 11.3 Å². The molecule has 98 valence electrons. The maximum Gasteiger partial charge on any atom is 0.257 e. The Morgan fingerprint density at radius 1 is 1.26 bits per heavy atom. The van der Waals surface area contributed by atoms with E-state index in [1.807, 2.05) is 14.1 Å². The molecule has 0 radical (unpaired) electrons. The smallest absolute Gasteiger partial charge is 0.257 e. The Morgan fingerprint density at radius 2 is 2.05 bits per heavy atom. The van der Waals surface area contributed by atoms with Gasteiger partial charge in [-0.05, 0) is 24.3 Å². The summed E-state index contributed by atoms with van der Waals surface area (Å²) in [5, 5.41) is 2.72. The van der Waals surface area contributed by atoms with E-state index >= 15 is 0 Å². The third-order valence-corrected chi connectivity index (χ3v) is 2.45. The molecule has 0 unspecified atom stereocenters. The van der Waals surface area contributed by atoms with E-state index in [1.165, 1.54) is 12.3 Å². The van der Waals surface area contributed by atoms with E-state index in [9.17, 15) is 9.18 Å². The Hall–Kier alpha value is -2.50. The maximum atomic E-state index is 12.7. The molecule has 2 aromatic heterocycles. The molecule has 1 N–H and O–H groups in total. The lowest BCUT2D eigenvalue weighted by Gasteiger charge is -2.16. The number of hydrogen-bond acceptors (Lipinski definition) is 4. The van der Waals surface area contributed by atoms with Gasteiger partial charge in [-0.1, -0.05) is 0 Å². The molecule has 19 heavy (non-hydrogen) atoms. The topological polar surface area (TPSA) is 58.1 Å². The lowest BCUT2D eigenvalue weighted by atomic mass is 10.2. The summed E-state index contributed by atoms with van der Waals surface area (Å²) in [6, 6.07) is 6.00. The van der Waals surface area contributed by atoms with Crippen molar-refractivity contribution in [1.29, 1.82) is 0 Å². The molecule has 5 nitrogen and oxygen atoms in total. The Bertz CT molecular complexity index is 583. The monoisotopic (exact) mass is 260 g/mol. The molecule has 0 aliphatic carbocycles. The first-order valence-electron chi connectivity index (χ1n) is 5.63. The van der Waals surface area contributed by atoms with Gasteiger partial charge in [0.25, 0.3) is 5.91 Å². The fraction of sp³-hybridized carbons (Fsp3) is 0.154. The van der Waals surface area contributed by atoms with E-state index in [0.717, 1.165) is 6.07 Å². The van der Waals surface area contributed by atoms with Gasteiger partial charge in [-0.2, -0.15) is 4.39 Å². The number of rotatable bonds is 3. The van der Waals surface area contributed by atoms with Crippen molar-refractivity contribution in [3.63, 3.8) is 0 Å². The van der Waals surface area contributed by atoms with Gasteiger partial charge in [-0.25, -0.2) is 9.97 Å². The standard InChI is InChI=1S/C13H13FN4O/c1-18(2)12-10(4-3-7-15-12)17-13(19)9-5-6-11(14)16-8-9/h3-8H,1-2H3,(H,17,19). The summed E-state index contributed by atoms with van der Waals surface area (Å²) in [5.41, 5.74) is 0.872. The molecule has 0 fully saturated rings. The summed E-state index contributed by atoms with van der Waals surface area (Å²) in [4.78, 5) is 21.4. The van der Waals surface area contributed by atoms with E-state index in [2.05, 4.69) is 15.3 Å². The van der Waals surface area contributed by atoms with Crippen LogP contribution in [0, 0.1) is 5.95 Å². The molecular formula is C13H13FN4O. The third-order valence-electron chi connectivity index (χ3n) is 2.45. The van der Waals surface area contributed by atoms with Gasteiger partial charge in [0, 0.05) is 26.5 Å². The number of nitrogens with one attached hydrogen (secondary N) is 1. The van der Waals surface area contributed by atoms with Gasteiger partial charge in [-0.3, -0.25) is 4.79 Å². The van der Waals surface area contributed by atoms with Gasteiger partial charge in [0.2, 0.25) is 5.95 Å². The zero-order valence-corrected chi connectivity index (χ0v) is 10.6. The summed E-state index contributed by atoms with van der Waals surface area (Å²) in [6.45, 7) is 0. The molecule has 6 heteroatoms. The molecule has 2 rings (SSSR count). The van der Waals surface area contributed by atoms with Crippen molar-refractivity contribution in [2.24, 2.45) is 0 Å². The molecule has 2 aromatic rings. The minimum atomic E-state index is -0.619. The molecule has 0 saturated heterocycles. The van der Waals surface area contributed by atoms with Gasteiger partial charge < -0.3 is 10.2 Å². The highest BCUT2D eigenvalue weighted by Crippen LogP contribution is 2.20. The highest BCUT2D eigenvalue weighted by atomic mass is 19.1. The Kier molecular flexibility index (Phi) is 3.70. The Labute approximate surface area is 110 Å². The van der Waals surface area contributed by atoms with Gasteiger partial charge >= 0.3 is 0 Å². The van der Waals surface area contributed by atoms with E-state index in [0.29, 0.717) is 11.5 Å². The number of nitrogens with zero attached hydrogens (tertiary/aromatic N) is 3. The first kappa shape index (κ1) is 12.9. The van der Waals surface area contributed by atoms with Crippen LogP contribution in [0.1, 0.15) is 10.4 Å². The van der Waals surface area contributed by atoms with Crippen LogP contribution >= 0.6 is 0 Å². The number of pyridine rings is 2.